The number of rotatable bonds is 6. The van der Waals surface area contributed by atoms with Crippen molar-refractivity contribution in [2.75, 3.05) is 15.5 Å². The van der Waals surface area contributed by atoms with E-state index in [0.717, 1.165) is 16.0 Å². The van der Waals surface area contributed by atoms with Crippen molar-refractivity contribution in [1.82, 2.24) is 0 Å². The molecule has 1 aliphatic heterocycles. The van der Waals surface area contributed by atoms with Gasteiger partial charge in [0, 0.05) is 16.9 Å². The van der Waals surface area contributed by atoms with Crippen molar-refractivity contribution >= 4 is 46.4 Å². The number of anilines is 3. The number of nitrogens with zero attached hydrogens (tertiary/aromatic N) is 1. The molecule has 0 saturated heterocycles. The third-order valence-electron chi connectivity index (χ3n) is 5.57. The van der Waals surface area contributed by atoms with E-state index >= 15 is 0 Å². The third-order valence-corrected chi connectivity index (χ3v) is 5.92. The van der Waals surface area contributed by atoms with Gasteiger partial charge >= 0.3 is 0 Å². The first-order chi connectivity index (χ1) is 16.2. The van der Waals surface area contributed by atoms with Crippen LogP contribution in [-0.4, -0.2) is 17.7 Å². The average Bonchev–Trinajstić information content (AvgIpc) is 3.04. The highest BCUT2D eigenvalue weighted by atomic mass is 35.5. The van der Waals surface area contributed by atoms with Gasteiger partial charge in [0.25, 0.3) is 17.7 Å². The molecule has 2 N–H and O–H groups in total. The van der Waals surface area contributed by atoms with Crippen LogP contribution in [0.1, 0.15) is 41.3 Å². The fraction of sp³-hybridized carbons (Fsp3) is 0.148. The molecule has 0 bridgehead atoms. The van der Waals surface area contributed by atoms with Crippen LogP contribution >= 0.6 is 11.6 Å². The normalized spacial score (nSPS) is 13.6. The van der Waals surface area contributed by atoms with Crippen molar-refractivity contribution in [1.29, 1.82) is 0 Å². The van der Waals surface area contributed by atoms with Gasteiger partial charge in [0.15, 0.2) is 0 Å². The third kappa shape index (κ3) is 4.72. The minimum Gasteiger partial charge on any atom is -0.350 e. The summed E-state index contributed by atoms with van der Waals surface area (Å²) in [4.78, 5) is 39.2. The first-order valence-electron chi connectivity index (χ1n) is 10.9. The molecule has 6 nitrogen and oxygen atoms in total. The van der Waals surface area contributed by atoms with E-state index in [1.807, 2.05) is 43.3 Å². The van der Waals surface area contributed by atoms with Crippen LogP contribution < -0.4 is 15.5 Å². The summed E-state index contributed by atoms with van der Waals surface area (Å²) in [7, 11) is 0. The van der Waals surface area contributed by atoms with Gasteiger partial charge in [-0.2, -0.15) is 0 Å². The van der Waals surface area contributed by atoms with Gasteiger partial charge in [-0.3, -0.25) is 14.4 Å². The second-order valence-electron chi connectivity index (χ2n) is 8.40. The van der Waals surface area contributed by atoms with E-state index in [9.17, 15) is 14.4 Å². The zero-order chi connectivity index (χ0) is 24.4. The van der Waals surface area contributed by atoms with Gasteiger partial charge < -0.3 is 10.6 Å². The SMILES string of the molecule is Cc1ccc(NC(=O)c2ccc(NC3=C(Cl)C(=O)N(c4ccc(C(C)C)cc4)C3=O)cc2)cc1. The molecule has 0 spiro atoms. The number of benzene rings is 3. The molecule has 3 aromatic rings. The molecule has 1 aliphatic rings. The summed E-state index contributed by atoms with van der Waals surface area (Å²) in [5, 5.41) is 5.58. The van der Waals surface area contributed by atoms with Crippen LogP contribution in [0, 0.1) is 6.92 Å². The molecule has 3 amide bonds. The van der Waals surface area contributed by atoms with Crippen LogP contribution in [0.2, 0.25) is 0 Å². The molecule has 0 radical (unpaired) electrons. The summed E-state index contributed by atoms with van der Waals surface area (Å²) >= 11 is 6.22. The van der Waals surface area contributed by atoms with Crippen molar-refractivity contribution in [2.24, 2.45) is 0 Å². The number of imide groups is 1. The molecule has 7 heteroatoms. The lowest BCUT2D eigenvalue weighted by Crippen LogP contribution is -2.32. The van der Waals surface area contributed by atoms with Gasteiger partial charge in [0.2, 0.25) is 0 Å². The Hall–Kier alpha value is -3.90. The zero-order valence-electron chi connectivity index (χ0n) is 19.1. The van der Waals surface area contributed by atoms with E-state index in [0.29, 0.717) is 28.5 Å². The zero-order valence-corrected chi connectivity index (χ0v) is 19.8. The Labute approximate surface area is 203 Å². The highest BCUT2D eigenvalue weighted by Gasteiger charge is 2.38. The quantitative estimate of drug-likeness (QED) is 0.443. The van der Waals surface area contributed by atoms with Crippen molar-refractivity contribution < 1.29 is 14.4 Å². The van der Waals surface area contributed by atoms with Gasteiger partial charge in [-0.1, -0.05) is 55.3 Å². The summed E-state index contributed by atoms with van der Waals surface area (Å²) in [6, 6.07) is 21.3. The van der Waals surface area contributed by atoms with Crippen molar-refractivity contribution in [3.63, 3.8) is 0 Å². The molecule has 0 unspecified atom stereocenters. The molecule has 3 aromatic carbocycles. The van der Waals surface area contributed by atoms with E-state index < -0.39 is 11.8 Å². The summed E-state index contributed by atoms with van der Waals surface area (Å²) in [6.45, 7) is 6.11. The molecule has 1 heterocycles. The first-order valence-corrected chi connectivity index (χ1v) is 11.3. The lowest BCUT2D eigenvalue weighted by atomic mass is 10.0. The second-order valence-corrected chi connectivity index (χ2v) is 8.78. The molecule has 0 aromatic heterocycles. The maximum absolute atomic E-state index is 13.0. The van der Waals surface area contributed by atoms with Crippen LogP contribution in [0.15, 0.2) is 83.5 Å². The van der Waals surface area contributed by atoms with Gasteiger partial charge in [-0.05, 0) is 66.9 Å². The monoisotopic (exact) mass is 473 g/mol. The molecule has 0 atom stereocenters. The molecule has 4 rings (SSSR count). The Balaban J connectivity index is 1.46. The maximum Gasteiger partial charge on any atom is 0.283 e. The molecule has 0 aliphatic carbocycles. The number of hydrogen-bond donors (Lipinski definition) is 2. The fourth-order valence-electron chi connectivity index (χ4n) is 3.54. The topological polar surface area (TPSA) is 78.5 Å². The Morgan fingerprint density at radius 2 is 1.41 bits per heavy atom. The van der Waals surface area contributed by atoms with Crippen LogP contribution in [0.25, 0.3) is 0 Å². The Morgan fingerprint density at radius 1 is 0.824 bits per heavy atom. The predicted molar refractivity (Wildman–Crippen MR) is 135 cm³/mol. The molecule has 0 saturated carbocycles. The Kier molecular flexibility index (Phi) is 6.52. The molecular formula is C27H24ClN3O3. The molecular weight excluding hydrogens is 450 g/mol. The summed E-state index contributed by atoms with van der Waals surface area (Å²) in [5.74, 6) is -1.04. The van der Waals surface area contributed by atoms with Gasteiger partial charge in [0.1, 0.15) is 10.7 Å². The van der Waals surface area contributed by atoms with E-state index in [1.54, 1.807) is 36.4 Å². The van der Waals surface area contributed by atoms with E-state index in [-0.39, 0.29) is 16.6 Å². The minimum atomic E-state index is -0.583. The van der Waals surface area contributed by atoms with Crippen LogP contribution in [-0.2, 0) is 9.59 Å². The molecule has 172 valence electrons. The maximum atomic E-state index is 13.0. The highest BCUT2D eigenvalue weighted by Crippen LogP contribution is 2.31. The Bertz CT molecular complexity index is 1280. The summed E-state index contributed by atoms with van der Waals surface area (Å²) < 4.78 is 0. The van der Waals surface area contributed by atoms with Crippen molar-refractivity contribution in [3.8, 4) is 0 Å². The Morgan fingerprint density at radius 3 is 2.00 bits per heavy atom. The van der Waals surface area contributed by atoms with E-state index in [2.05, 4.69) is 24.5 Å². The first kappa shape index (κ1) is 23.3. The van der Waals surface area contributed by atoms with Gasteiger partial charge in [0.05, 0.1) is 5.69 Å². The van der Waals surface area contributed by atoms with Gasteiger partial charge in [-0.15, -0.1) is 0 Å². The second kappa shape index (κ2) is 9.53. The molecule has 0 fully saturated rings. The predicted octanol–water partition coefficient (Wildman–Crippen LogP) is 5.81. The fourth-order valence-corrected chi connectivity index (χ4v) is 3.76. The number of carbonyl (C=O) groups is 3. The lowest BCUT2D eigenvalue weighted by molar-refractivity contribution is -0.120. The number of hydrogen-bond acceptors (Lipinski definition) is 4. The standard InChI is InChI=1S/C27H24ClN3O3/c1-16(2)18-8-14-22(15-9-18)31-26(33)23(28)24(27(31)34)29-20-12-6-19(7-13-20)25(32)30-21-10-4-17(3)5-11-21/h4-16,29H,1-3H3,(H,30,32). The van der Waals surface area contributed by atoms with E-state index in [4.69, 9.17) is 11.6 Å². The van der Waals surface area contributed by atoms with Crippen molar-refractivity contribution in [3.05, 3.63) is 100 Å². The van der Waals surface area contributed by atoms with Crippen LogP contribution in [0.4, 0.5) is 17.1 Å². The van der Waals surface area contributed by atoms with Gasteiger partial charge in [-0.25, -0.2) is 4.90 Å². The number of aryl methyl sites for hydroxylation is 1. The number of carbonyl (C=O) groups excluding carboxylic acids is 3. The molecule has 34 heavy (non-hydrogen) atoms. The average molecular weight is 474 g/mol. The van der Waals surface area contributed by atoms with Crippen LogP contribution in [0.5, 0.6) is 0 Å². The van der Waals surface area contributed by atoms with Crippen LogP contribution in [0.3, 0.4) is 0 Å². The van der Waals surface area contributed by atoms with Crippen molar-refractivity contribution in [2.45, 2.75) is 26.7 Å². The van der Waals surface area contributed by atoms with E-state index in [1.165, 1.54) is 0 Å². The summed E-state index contributed by atoms with van der Waals surface area (Å²) in [5.41, 5.74) is 4.34. The highest BCUT2D eigenvalue weighted by molar-refractivity contribution is 6.53. The minimum absolute atomic E-state index is 0.00328. The largest absolute Gasteiger partial charge is 0.350 e. The number of halogens is 1. The number of nitrogens with one attached hydrogen (secondary N) is 2. The lowest BCUT2D eigenvalue weighted by Gasteiger charge is -2.16. The summed E-state index contributed by atoms with van der Waals surface area (Å²) in [6.07, 6.45) is 0. The number of amides is 3. The smallest absolute Gasteiger partial charge is 0.283 e.